The number of aliphatic hydroxyl groups is 2. The number of carbonyl (C=O) groups is 2. The molecular formula is C32H32O10. The van der Waals surface area contributed by atoms with Gasteiger partial charge in [0.25, 0.3) is 0 Å². The zero-order valence-electron chi connectivity index (χ0n) is 23.4. The number of rotatable bonds is 15. The average molecular weight is 577 g/mol. The fourth-order valence-corrected chi connectivity index (χ4v) is 4.18. The quantitative estimate of drug-likeness (QED) is 0.155. The molecule has 0 fully saturated rings. The Kier molecular flexibility index (Phi) is 10.2. The van der Waals surface area contributed by atoms with E-state index in [4.69, 9.17) is 28.4 Å². The van der Waals surface area contributed by atoms with Gasteiger partial charge in [-0.25, -0.2) is 0 Å². The van der Waals surface area contributed by atoms with E-state index in [9.17, 15) is 19.8 Å². The van der Waals surface area contributed by atoms with E-state index in [0.29, 0.717) is 58.2 Å². The summed E-state index contributed by atoms with van der Waals surface area (Å²) in [6, 6.07) is 18.7. The zero-order valence-corrected chi connectivity index (χ0v) is 23.4. The maximum absolute atomic E-state index is 11.1. The van der Waals surface area contributed by atoms with Gasteiger partial charge >= 0.3 is 0 Å². The minimum absolute atomic E-state index is 0.0149. The van der Waals surface area contributed by atoms with E-state index in [1.807, 2.05) is 25.1 Å². The molecule has 10 heteroatoms. The molecule has 2 N–H and O–H groups in total. The van der Waals surface area contributed by atoms with Crippen LogP contribution in [0.1, 0.15) is 26.3 Å². The van der Waals surface area contributed by atoms with Crippen molar-refractivity contribution in [3.63, 3.8) is 0 Å². The van der Waals surface area contributed by atoms with Crippen LogP contribution in [0.15, 0.2) is 66.7 Å². The molecule has 0 saturated carbocycles. The van der Waals surface area contributed by atoms with Crippen LogP contribution in [0.2, 0.25) is 0 Å². The van der Waals surface area contributed by atoms with Gasteiger partial charge in [-0.05, 0) is 65.7 Å². The summed E-state index contributed by atoms with van der Waals surface area (Å²) in [6.07, 6.45) is -0.800. The lowest BCUT2D eigenvalue weighted by atomic mass is 10.0. The first-order valence-corrected chi connectivity index (χ1v) is 13.1. The molecule has 0 radical (unpaired) electrons. The highest BCUT2D eigenvalue weighted by atomic mass is 16.6. The molecule has 4 aromatic carbocycles. The predicted molar refractivity (Wildman–Crippen MR) is 155 cm³/mol. The van der Waals surface area contributed by atoms with Crippen LogP contribution in [-0.2, 0) is 0 Å². The summed E-state index contributed by atoms with van der Waals surface area (Å²) >= 11 is 0. The Morgan fingerprint density at radius 3 is 1.71 bits per heavy atom. The summed E-state index contributed by atoms with van der Waals surface area (Å²) in [5.74, 6) is 2.62. The van der Waals surface area contributed by atoms with E-state index >= 15 is 0 Å². The monoisotopic (exact) mass is 576 g/mol. The van der Waals surface area contributed by atoms with Gasteiger partial charge in [-0.15, -0.1) is 0 Å². The van der Waals surface area contributed by atoms with Gasteiger partial charge in [-0.3, -0.25) is 9.59 Å². The third kappa shape index (κ3) is 7.48. The highest BCUT2D eigenvalue weighted by molar-refractivity contribution is 5.88. The van der Waals surface area contributed by atoms with Crippen molar-refractivity contribution in [1.82, 2.24) is 0 Å². The molecule has 0 saturated heterocycles. The van der Waals surface area contributed by atoms with Crippen LogP contribution in [0, 0.1) is 6.92 Å². The zero-order chi connectivity index (χ0) is 30.1. The van der Waals surface area contributed by atoms with Gasteiger partial charge < -0.3 is 38.6 Å². The van der Waals surface area contributed by atoms with Gasteiger partial charge in [-0.2, -0.15) is 0 Å². The van der Waals surface area contributed by atoms with E-state index < -0.39 is 12.4 Å². The van der Waals surface area contributed by atoms with Crippen LogP contribution in [0.3, 0.4) is 0 Å². The summed E-state index contributed by atoms with van der Waals surface area (Å²) in [4.78, 5) is 22.1. The van der Waals surface area contributed by atoms with Gasteiger partial charge in [0.15, 0.2) is 19.2 Å². The second-order valence-corrected chi connectivity index (χ2v) is 9.27. The van der Waals surface area contributed by atoms with Crippen molar-refractivity contribution in [3.8, 4) is 34.5 Å². The molecule has 10 nitrogen and oxygen atoms in total. The highest BCUT2D eigenvalue weighted by Crippen LogP contribution is 2.31. The third-order valence-corrected chi connectivity index (χ3v) is 6.42. The van der Waals surface area contributed by atoms with E-state index in [1.54, 1.807) is 48.5 Å². The van der Waals surface area contributed by atoms with E-state index in [-0.39, 0.29) is 19.8 Å². The number of methoxy groups -OCH3 is 2. The first kappa shape index (κ1) is 30.2. The molecule has 0 aliphatic heterocycles. The Hall–Kier alpha value is -4.80. The van der Waals surface area contributed by atoms with Crippen molar-refractivity contribution < 1.29 is 48.2 Å². The number of aliphatic hydroxyl groups excluding tert-OH is 2. The number of fused-ring (bicyclic) bond motifs is 1. The minimum Gasteiger partial charge on any atom is -0.496 e. The number of carbonyl (C=O) groups excluding carboxylic acids is 2. The maximum Gasteiger partial charge on any atom is 0.231 e. The second-order valence-electron chi connectivity index (χ2n) is 9.27. The molecule has 4 rings (SSSR count). The molecule has 0 aromatic heterocycles. The lowest BCUT2D eigenvalue weighted by Gasteiger charge is -2.18. The van der Waals surface area contributed by atoms with Crippen molar-refractivity contribution in [3.05, 3.63) is 83.4 Å². The number of benzene rings is 4. The fraction of sp³-hybridized carbons (Fsp3) is 0.250. The molecule has 42 heavy (non-hydrogen) atoms. The third-order valence-electron chi connectivity index (χ3n) is 6.42. The van der Waals surface area contributed by atoms with Crippen molar-refractivity contribution in [2.75, 3.05) is 34.0 Å². The van der Waals surface area contributed by atoms with Crippen molar-refractivity contribution in [2.45, 2.75) is 19.3 Å². The van der Waals surface area contributed by atoms with Crippen LogP contribution in [-0.4, -0.2) is 69.2 Å². The van der Waals surface area contributed by atoms with Crippen LogP contribution >= 0.6 is 0 Å². The number of hydrogen-bond acceptors (Lipinski definition) is 10. The average Bonchev–Trinajstić information content (AvgIpc) is 3.02. The highest BCUT2D eigenvalue weighted by Gasteiger charge is 2.14. The number of aryl methyl sites for hydroxylation is 1. The largest absolute Gasteiger partial charge is 0.496 e. The summed E-state index contributed by atoms with van der Waals surface area (Å²) in [5.41, 5.74) is 1.58. The van der Waals surface area contributed by atoms with Crippen molar-refractivity contribution >= 4 is 23.3 Å². The summed E-state index contributed by atoms with van der Waals surface area (Å²) in [6.45, 7) is 1.67. The van der Waals surface area contributed by atoms with Crippen LogP contribution in [0.4, 0.5) is 0 Å². The lowest BCUT2D eigenvalue weighted by Crippen LogP contribution is -2.25. The van der Waals surface area contributed by atoms with E-state index in [2.05, 4.69) is 0 Å². The molecule has 2 atom stereocenters. The van der Waals surface area contributed by atoms with Crippen LogP contribution in [0.25, 0.3) is 10.8 Å². The number of hydrogen-bond donors (Lipinski definition) is 2. The summed E-state index contributed by atoms with van der Waals surface area (Å²) in [5, 5.41) is 22.6. The minimum atomic E-state index is -1.26. The lowest BCUT2D eigenvalue weighted by molar-refractivity contribution is -0.0482. The normalized spacial score (nSPS) is 12.2. The fourth-order valence-electron chi connectivity index (χ4n) is 4.18. The van der Waals surface area contributed by atoms with Crippen molar-refractivity contribution in [2.24, 2.45) is 0 Å². The van der Waals surface area contributed by atoms with Gasteiger partial charge in [0, 0.05) is 12.1 Å². The standard InChI is InChI=1S/C32H32O10/c1-20-28-12-25(39-17-24(35)18-40-26-9-5-22(15-33)30(13-26)37-2)8-4-21(28)7-11-29(20)42-32(36)19-41-27-10-6-23(16-34)31(14-27)38-3/h4-16,24,32,35-36H,17-19H2,1-3H3. The topological polar surface area (TPSA) is 130 Å². The maximum atomic E-state index is 11.1. The predicted octanol–water partition coefficient (Wildman–Crippen LogP) is 4.39. The molecule has 0 bridgehead atoms. The second kappa shape index (κ2) is 14.2. The Morgan fingerprint density at radius 1 is 0.667 bits per heavy atom. The Balaban J connectivity index is 1.34. The van der Waals surface area contributed by atoms with Gasteiger partial charge in [-0.1, -0.05) is 12.1 Å². The Morgan fingerprint density at radius 2 is 1.17 bits per heavy atom. The van der Waals surface area contributed by atoms with Crippen LogP contribution in [0.5, 0.6) is 34.5 Å². The van der Waals surface area contributed by atoms with Crippen molar-refractivity contribution in [1.29, 1.82) is 0 Å². The van der Waals surface area contributed by atoms with Gasteiger partial charge in [0.2, 0.25) is 6.29 Å². The van der Waals surface area contributed by atoms with Gasteiger partial charge in [0.1, 0.15) is 53.8 Å². The Bertz CT molecular complexity index is 1530. The first-order valence-electron chi connectivity index (χ1n) is 13.1. The molecule has 0 aliphatic rings. The molecule has 0 aliphatic carbocycles. The van der Waals surface area contributed by atoms with Gasteiger partial charge in [0.05, 0.1) is 25.3 Å². The molecule has 4 aromatic rings. The molecular weight excluding hydrogens is 544 g/mol. The summed E-state index contributed by atoms with van der Waals surface area (Å²) < 4.78 is 33.1. The molecule has 2 unspecified atom stereocenters. The number of aldehydes is 2. The Labute approximate surface area is 242 Å². The first-order chi connectivity index (χ1) is 20.3. The van der Waals surface area contributed by atoms with E-state index in [1.165, 1.54) is 14.2 Å². The molecule has 220 valence electrons. The molecule has 0 spiro atoms. The molecule has 0 heterocycles. The summed E-state index contributed by atoms with van der Waals surface area (Å²) in [7, 11) is 2.91. The SMILES string of the molecule is COc1cc(OCC(O)COc2ccc3ccc(OC(O)COc4ccc(C=O)c(OC)c4)c(C)c3c2)ccc1C=O. The molecule has 0 amide bonds. The number of ether oxygens (including phenoxy) is 6. The van der Waals surface area contributed by atoms with E-state index in [0.717, 1.165) is 16.3 Å². The smallest absolute Gasteiger partial charge is 0.231 e. The van der Waals surface area contributed by atoms with Crippen LogP contribution < -0.4 is 28.4 Å².